The van der Waals surface area contributed by atoms with Gasteiger partial charge in [-0.2, -0.15) is 0 Å². The Morgan fingerprint density at radius 2 is 1.75 bits per heavy atom. The monoisotopic (exact) mass is 351 g/mol. The first kappa shape index (κ1) is 19.0. The van der Waals surface area contributed by atoms with E-state index in [4.69, 9.17) is 0 Å². The molecule has 0 aliphatic carbocycles. The Bertz CT molecular complexity index is 684. The van der Waals surface area contributed by atoms with Crippen LogP contribution in [0.2, 0.25) is 0 Å². The molecule has 1 aromatic rings. The van der Waals surface area contributed by atoms with Crippen molar-refractivity contribution in [2.24, 2.45) is 11.8 Å². The second kappa shape index (κ2) is 6.87. The molecule has 0 aromatic heterocycles. The SMILES string of the molecule is CC(C)[C@H](NC(=O)[C@H]1CCS(=O)(=O)C1)c1ccc(C(C)(C)C)cc1. The van der Waals surface area contributed by atoms with Gasteiger partial charge in [-0.25, -0.2) is 8.42 Å². The van der Waals surface area contributed by atoms with Crippen LogP contribution in [0.5, 0.6) is 0 Å². The van der Waals surface area contributed by atoms with Gasteiger partial charge in [-0.1, -0.05) is 58.9 Å². The Hall–Kier alpha value is -1.36. The van der Waals surface area contributed by atoms with E-state index in [0.29, 0.717) is 6.42 Å². The summed E-state index contributed by atoms with van der Waals surface area (Å²) in [6.45, 7) is 10.6. The second-order valence-corrected chi connectivity index (χ2v) is 10.4. The maximum atomic E-state index is 12.5. The average molecular weight is 352 g/mol. The van der Waals surface area contributed by atoms with Gasteiger partial charge in [0.1, 0.15) is 0 Å². The summed E-state index contributed by atoms with van der Waals surface area (Å²) >= 11 is 0. The zero-order valence-corrected chi connectivity index (χ0v) is 16.1. The summed E-state index contributed by atoms with van der Waals surface area (Å²) in [5.41, 5.74) is 2.40. The Balaban J connectivity index is 2.14. The van der Waals surface area contributed by atoms with Gasteiger partial charge in [0, 0.05) is 0 Å². The van der Waals surface area contributed by atoms with E-state index >= 15 is 0 Å². The lowest BCUT2D eigenvalue weighted by molar-refractivity contribution is -0.125. The van der Waals surface area contributed by atoms with Gasteiger partial charge in [0.15, 0.2) is 9.84 Å². The summed E-state index contributed by atoms with van der Waals surface area (Å²) in [4.78, 5) is 12.5. The summed E-state index contributed by atoms with van der Waals surface area (Å²) in [6.07, 6.45) is 0.432. The van der Waals surface area contributed by atoms with Crippen LogP contribution in [0.15, 0.2) is 24.3 Å². The number of amides is 1. The van der Waals surface area contributed by atoms with Crippen molar-refractivity contribution >= 4 is 15.7 Å². The normalized spacial score (nSPS) is 21.7. The molecule has 1 saturated heterocycles. The molecule has 2 atom stereocenters. The molecule has 0 radical (unpaired) electrons. The molecule has 4 nitrogen and oxygen atoms in total. The third kappa shape index (κ3) is 4.59. The van der Waals surface area contributed by atoms with Crippen LogP contribution in [-0.4, -0.2) is 25.8 Å². The molecular formula is C19H29NO3S. The van der Waals surface area contributed by atoms with Gasteiger partial charge in [0.05, 0.1) is 23.5 Å². The van der Waals surface area contributed by atoms with Crippen LogP contribution < -0.4 is 5.32 Å². The van der Waals surface area contributed by atoms with Crippen molar-refractivity contribution in [3.63, 3.8) is 0 Å². The van der Waals surface area contributed by atoms with Gasteiger partial charge in [-0.3, -0.25) is 4.79 Å². The summed E-state index contributed by atoms with van der Waals surface area (Å²) in [7, 11) is -3.04. The van der Waals surface area contributed by atoms with Gasteiger partial charge in [0.25, 0.3) is 0 Å². The fourth-order valence-electron chi connectivity index (χ4n) is 3.10. The van der Waals surface area contributed by atoms with E-state index in [1.807, 2.05) is 0 Å². The van der Waals surface area contributed by atoms with E-state index in [1.165, 1.54) is 5.56 Å². The van der Waals surface area contributed by atoms with Crippen LogP contribution in [-0.2, 0) is 20.0 Å². The molecule has 1 heterocycles. The van der Waals surface area contributed by atoms with Gasteiger partial charge in [-0.05, 0) is 28.9 Å². The zero-order valence-electron chi connectivity index (χ0n) is 15.3. The summed E-state index contributed by atoms with van der Waals surface area (Å²) in [5.74, 6) is -0.225. The standard InChI is InChI=1S/C19H29NO3S/c1-13(2)17(14-6-8-16(9-7-14)19(3,4)5)20-18(21)15-10-11-24(22,23)12-15/h6-9,13,15,17H,10-12H2,1-5H3,(H,20,21)/t15-,17-/m0/s1. The highest BCUT2D eigenvalue weighted by Crippen LogP contribution is 2.28. The molecule has 2 rings (SSSR count). The average Bonchev–Trinajstić information content (AvgIpc) is 2.84. The van der Waals surface area contributed by atoms with E-state index in [-0.39, 0.29) is 34.8 Å². The van der Waals surface area contributed by atoms with Crippen LogP contribution in [0.25, 0.3) is 0 Å². The van der Waals surface area contributed by atoms with Gasteiger partial charge in [-0.15, -0.1) is 0 Å². The number of hydrogen-bond donors (Lipinski definition) is 1. The first-order valence-electron chi connectivity index (χ1n) is 8.61. The smallest absolute Gasteiger partial charge is 0.224 e. The van der Waals surface area contributed by atoms with Crippen LogP contribution >= 0.6 is 0 Å². The minimum absolute atomic E-state index is 0.0212. The Morgan fingerprint density at radius 3 is 2.17 bits per heavy atom. The number of carbonyl (C=O) groups excluding carboxylic acids is 1. The van der Waals surface area contributed by atoms with Crippen molar-refractivity contribution in [3.05, 3.63) is 35.4 Å². The molecule has 1 fully saturated rings. The summed E-state index contributed by atoms with van der Waals surface area (Å²) in [5, 5.41) is 3.07. The summed E-state index contributed by atoms with van der Waals surface area (Å²) in [6, 6.07) is 8.25. The van der Waals surface area contributed by atoms with E-state index in [0.717, 1.165) is 5.56 Å². The van der Waals surface area contributed by atoms with Crippen LogP contribution in [0.1, 0.15) is 58.2 Å². The van der Waals surface area contributed by atoms with Crippen LogP contribution in [0.4, 0.5) is 0 Å². The Kier molecular flexibility index (Phi) is 5.43. The van der Waals surface area contributed by atoms with Crippen molar-refractivity contribution < 1.29 is 13.2 Å². The third-order valence-electron chi connectivity index (χ3n) is 4.70. The van der Waals surface area contributed by atoms with E-state index in [9.17, 15) is 13.2 Å². The third-order valence-corrected chi connectivity index (χ3v) is 6.47. The lowest BCUT2D eigenvalue weighted by Gasteiger charge is -2.26. The highest BCUT2D eigenvalue weighted by atomic mass is 32.2. The molecule has 0 unspecified atom stereocenters. The Morgan fingerprint density at radius 1 is 1.17 bits per heavy atom. The van der Waals surface area contributed by atoms with E-state index in [1.54, 1.807) is 0 Å². The van der Waals surface area contributed by atoms with Crippen molar-refractivity contribution in [3.8, 4) is 0 Å². The predicted molar refractivity (Wildman–Crippen MR) is 97.6 cm³/mol. The molecule has 5 heteroatoms. The lowest BCUT2D eigenvalue weighted by atomic mass is 9.85. The molecule has 1 N–H and O–H groups in total. The Labute approximate surface area is 146 Å². The lowest BCUT2D eigenvalue weighted by Crippen LogP contribution is -2.36. The number of hydrogen-bond acceptors (Lipinski definition) is 3. The molecule has 0 bridgehead atoms. The first-order valence-corrected chi connectivity index (χ1v) is 10.4. The molecule has 24 heavy (non-hydrogen) atoms. The van der Waals surface area contributed by atoms with Crippen molar-refractivity contribution in [1.82, 2.24) is 5.32 Å². The molecule has 0 spiro atoms. The predicted octanol–water partition coefficient (Wildman–Crippen LogP) is 3.23. The number of sulfone groups is 1. The minimum Gasteiger partial charge on any atom is -0.349 e. The second-order valence-electron chi connectivity index (χ2n) is 8.20. The number of rotatable bonds is 4. The van der Waals surface area contributed by atoms with Crippen LogP contribution in [0, 0.1) is 11.8 Å². The fraction of sp³-hybridized carbons (Fsp3) is 0.632. The molecular weight excluding hydrogens is 322 g/mol. The minimum atomic E-state index is -3.04. The quantitative estimate of drug-likeness (QED) is 0.906. The molecule has 134 valence electrons. The van der Waals surface area contributed by atoms with E-state index < -0.39 is 15.8 Å². The van der Waals surface area contributed by atoms with Gasteiger partial charge >= 0.3 is 0 Å². The van der Waals surface area contributed by atoms with Crippen molar-refractivity contribution in [1.29, 1.82) is 0 Å². The fourth-order valence-corrected chi connectivity index (χ4v) is 4.84. The maximum Gasteiger partial charge on any atom is 0.224 e. The van der Waals surface area contributed by atoms with Crippen molar-refractivity contribution in [2.75, 3.05) is 11.5 Å². The highest BCUT2D eigenvalue weighted by molar-refractivity contribution is 7.91. The van der Waals surface area contributed by atoms with E-state index in [2.05, 4.69) is 64.2 Å². The summed E-state index contributed by atoms with van der Waals surface area (Å²) < 4.78 is 23.2. The van der Waals surface area contributed by atoms with Gasteiger partial charge < -0.3 is 5.32 Å². The first-order chi connectivity index (χ1) is 11.0. The highest BCUT2D eigenvalue weighted by Gasteiger charge is 2.34. The topological polar surface area (TPSA) is 63.2 Å². The van der Waals surface area contributed by atoms with Gasteiger partial charge in [0.2, 0.25) is 5.91 Å². The molecule has 1 amide bonds. The van der Waals surface area contributed by atoms with Crippen LogP contribution in [0.3, 0.4) is 0 Å². The number of benzene rings is 1. The maximum absolute atomic E-state index is 12.5. The molecule has 1 aliphatic rings. The molecule has 1 aliphatic heterocycles. The number of nitrogens with one attached hydrogen (secondary N) is 1. The number of carbonyl (C=O) groups is 1. The molecule has 1 aromatic carbocycles. The largest absolute Gasteiger partial charge is 0.349 e. The van der Waals surface area contributed by atoms with Crippen molar-refractivity contribution in [2.45, 2.75) is 52.5 Å². The zero-order chi connectivity index (χ0) is 18.1. The molecule has 0 saturated carbocycles.